The second kappa shape index (κ2) is 8.87. The SMILES string of the molecule is O=C1CSc2ccc(N3C[C@H](CCCn4c(=O)[nH]c5cc6ccccc6cc5c4=O)OC3=O)cc2N1. The summed E-state index contributed by atoms with van der Waals surface area (Å²) in [6.07, 6.45) is 0.172. The molecule has 9 nitrogen and oxygen atoms in total. The van der Waals surface area contributed by atoms with Gasteiger partial charge in [0.1, 0.15) is 6.10 Å². The number of aromatic nitrogens is 2. The minimum absolute atomic E-state index is 0.0707. The first-order valence-electron chi connectivity index (χ1n) is 11.7. The van der Waals surface area contributed by atoms with E-state index in [9.17, 15) is 19.2 Å². The summed E-state index contributed by atoms with van der Waals surface area (Å²) in [5, 5.41) is 5.17. The van der Waals surface area contributed by atoms with E-state index in [0.29, 0.717) is 47.4 Å². The molecule has 1 aromatic heterocycles. The largest absolute Gasteiger partial charge is 0.444 e. The van der Waals surface area contributed by atoms with Gasteiger partial charge in [0.2, 0.25) is 5.91 Å². The Kier molecular flexibility index (Phi) is 5.52. The maximum atomic E-state index is 13.1. The highest BCUT2D eigenvalue weighted by molar-refractivity contribution is 8.00. The molecule has 36 heavy (non-hydrogen) atoms. The van der Waals surface area contributed by atoms with Gasteiger partial charge in [0.15, 0.2) is 0 Å². The number of hydrogen-bond donors (Lipinski definition) is 2. The molecule has 1 fully saturated rings. The molecule has 6 rings (SSSR count). The molecule has 2 aliphatic rings. The third-order valence-corrected chi connectivity index (χ3v) is 7.61. The number of aromatic amines is 1. The second-order valence-electron chi connectivity index (χ2n) is 8.91. The smallest absolute Gasteiger partial charge is 0.414 e. The quantitative estimate of drug-likeness (QED) is 0.403. The molecular formula is C26H22N4O5S. The highest BCUT2D eigenvalue weighted by Crippen LogP contribution is 2.35. The Bertz CT molecular complexity index is 1660. The van der Waals surface area contributed by atoms with Gasteiger partial charge in [-0.15, -0.1) is 11.8 Å². The normalized spacial score (nSPS) is 17.3. The molecule has 0 unspecified atom stereocenters. The molecule has 0 radical (unpaired) electrons. The summed E-state index contributed by atoms with van der Waals surface area (Å²) in [5.74, 6) is 0.304. The molecule has 2 amide bonds. The van der Waals surface area contributed by atoms with Gasteiger partial charge in [-0.05, 0) is 53.9 Å². The van der Waals surface area contributed by atoms with Gasteiger partial charge in [-0.25, -0.2) is 9.59 Å². The summed E-state index contributed by atoms with van der Waals surface area (Å²) in [7, 11) is 0. The number of anilines is 2. The van der Waals surface area contributed by atoms with E-state index in [4.69, 9.17) is 4.74 Å². The lowest BCUT2D eigenvalue weighted by atomic mass is 10.1. The second-order valence-corrected chi connectivity index (χ2v) is 9.92. The van der Waals surface area contributed by atoms with Crippen molar-refractivity contribution < 1.29 is 14.3 Å². The predicted molar refractivity (Wildman–Crippen MR) is 139 cm³/mol. The van der Waals surface area contributed by atoms with Crippen LogP contribution in [-0.2, 0) is 16.1 Å². The van der Waals surface area contributed by atoms with Crippen molar-refractivity contribution in [3.8, 4) is 0 Å². The lowest BCUT2D eigenvalue weighted by Gasteiger charge is -2.20. The van der Waals surface area contributed by atoms with Gasteiger partial charge in [0, 0.05) is 17.1 Å². The van der Waals surface area contributed by atoms with Crippen molar-refractivity contribution in [3.63, 3.8) is 0 Å². The number of carbonyl (C=O) groups excluding carboxylic acids is 2. The van der Waals surface area contributed by atoms with Crippen LogP contribution in [0.3, 0.4) is 0 Å². The first kappa shape index (κ1) is 22.4. The number of ether oxygens (including phenoxy) is 1. The Morgan fingerprint density at radius 3 is 2.64 bits per heavy atom. The first-order chi connectivity index (χ1) is 17.5. The van der Waals surface area contributed by atoms with Crippen LogP contribution in [0.5, 0.6) is 0 Å². The molecule has 2 N–H and O–H groups in total. The lowest BCUT2D eigenvalue weighted by molar-refractivity contribution is -0.113. The summed E-state index contributed by atoms with van der Waals surface area (Å²) < 4.78 is 6.74. The van der Waals surface area contributed by atoms with Crippen LogP contribution >= 0.6 is 11.8 Å². The summed E-state index contributed by atoms with van der Waals surface area (Å²) in [5.41, 5.74) is 1.06. The van der Waals surface area contributed by atoms with Gasteiger partial charge in [-0.3, -0.25) is 19.1 Å². The molecular weight excluding hydrogens is 480 g/mol. The zero-order valence-electron chi connectivity index (χ0n) is 19.2. The molecule has 1 saturated heterocycles. The molecule has 10 heteroatoms. The Morgan fingerprint density at radius 1 is 1.00 bits per heavy atom. The van der Waals surface area contributed by atoms with Crippen LogP contribution in [-0.4, -0.2) is 40.0 Å². The van der Waals surface area contributed by atoms with Crippen LogP contribution in [0.1, 0.15) is 12.8 Å². The highest BCUT2D eigenvalue weighted by atomic mass is 32.2. The number of nitrogens with one attached hydrogen (secondary N) is 2. The third kappa shape index (κ3) is 4.03. The number of nitrogens with zero attached hydrogens (tertiary/aromatic N) is 2. The van der Waals surface area contributed by atoms with E-state index >= 15 is 0 Å². The van der Waals surface area contributed by atoms with E-state index in [0.717, 1.165) is 15.7 Å². The number of amides is 2. The molecule has 0 aliphatic carbocycles. The Balaban J connectivity index is 1.15. The zero-order chi connectivity index (χ0) is 24.8. The van der Waals surface area contributed by atoms with E-state index < -0.39 is 11.8 Å². The molecule has 3 aromatic carbocycles. The van der Waals surface area contributed by atoms with Crippen molar-refractivity contribution in [2.75, 3.05) is 22.5 Å². The molecule has 0 saturated carbocycles. The number of thioether (sulfide) groups is 1. The summed E-state index contributed by atoms with van der Waals surface area (Å²) in [6, 6.07) is 16.8. The molecule has 0 bridgehead atoms. The van der Waals surface area contributed by atoms with E-state index in [1.165, 1.54) is 21.2 Å². The third-order valence-electron chi connectivity index (χ3n) is 6.54. The van der Waals surface area contributed by atoms with Crippen LogP contribution in [0, 0.1) is 0 Å². The van der Waals surface area contributed by atoms with E-state index in [2.05, 4.69) is 10.3 Å². The number of fused-ring (bicyclic) bond motifs is 3. The molecule has 2 aliphatic heterocycles. The average molecular weight is 503 g/mol. The molecule has 4 aromatic rings. The molecule has 182 valence electrons. The van der Waals surface area contributed by atoms with Gasteiger partial charge in [0.05, 0.1) is 28.9 Å². The number of benzene rings is 3. The van der Waals surface area contributed by atoms with Crippen molar-refractivity contribution in [2.45, 2.75) is 30.4 Å². The monoisotopic (exact) mass is 502 g/mol. The maximum Gasteiger partial charge on any atom is 0.414 e. The van der Waals surface area contributed by atoms with Gasteiger partial charge in [-0.1, -0.05) is 24.3 Å². The Morgan fingerprint density at radius 2 is 1.81 bits per heavy atom. The van der Waals surface area contributed by atoms with Gasteiger partial charge in [-0.2, -0.15) is 0 Å². The number of H-pyrrole nitrogens is 1. The minimum atomic E-state index is -0.457. The fraction of sp³-hybridized carbons (Fsp3) is 0.231. The van der Waals surface area contributed by atoms with Crippen molar-refractivity contribution in [3.05, 3.63) is 75.4 Å². The van der Waals surface area contributed by atoms with Gasteiger partial charge >= 0.3 is 11.8 Å². The zero-order valence-corrected chi connectivity index (χ0v) is 20.0. The standard InChI is InChI=1S/C26H22N4O5S/c31-23-14-36-22-8-7-17(12-21(22)27-23)30-13-18(35-26(30)34)6-3-9-29-24(32)19-10-15-4-1-2-5-16(15)11-20(19)28-25(29)33/h1-2,4-5,7-8,10-12,18H,3,6,9,13-14H2,(H,27,31)(H,28,33)/t18-/m0/s1. The van der Waals surface area contributed by atoms with Crippen LogP contribution < -0.4 is 21.5 Å². The lowest BCUT2D eigenvalue weighted by Crippen LogP contribution is -2.35. The fourth-order valence-corrected chi connectivity index (χ4v) is 5.53. The van der Waals surface area contributed by atoms with Crippen molar-refractivity contribution >= 4 is 56.8 Å². The van der Waals surface area contributed by atoms with Crippen LogP contribution in [0.15, 0.2) is 69.1 Å². The van der Waals surface area contributed by atoms with Gasteiger partial charge in [0.25, 0.3) is 5.56 Å². The van der Waals surface area contributed by atoms with Crippen molar-refractivity contribution in [1.82, 2.24) is 9.55 Å². The fourth-order valence-electron chi connectivity index (χ4n) is 4.74. The summed E-state index contributed by atoms with van der Waals surface area (Å²) in [4.78, 5) is 55.2. The van der Waals surface area contributed by atoms with Crippen molar-refractivity contribution in [1.29, 1.82) is 0 Å². The number of carbonyl (C=O) groups is 2. The average Bonchev–Trinajstić information content (AvgIpc) is 3.24. The topological polar surface area (TPSA) is 114 Å². The number of hydrogen-bond acceptors (Lipinski definition) is 6. The minimum Gasteiger partial charge on any atom is -0.444 e. The number of rotatable bonds is 5. The highest BCUT2D eigenvalue weighted by Gasteiger charge is 2.32. The van der Waals surface area contributed by atoms with E-state index in [-0.39, 0.29) is 24.1 Å². The van der Waals surface area contributed by atoms with Gasteiger partial charge < -0.3 is 15.0 Å². The Hall–Kier alpha value is -4.05. The maximum absolute atomic E-state index is 13.1. The first-order valence-corrected chi connectivity index (χ1v) is 12.7. The van der Waals surface area contributed by atoms with E-state index in [1.807, 2.05) is 42.5 Å². The summed E-state index contributed by atoms with van der Waals surface area (Å²) >= 11 is 1.46. The summed E-state index contributed by atoms with van der Waals surface area (Å²) in [6.45, 7) is 0.570. The van der Waals surface area contributed by atoms with Crippen LogP contribution in [0.25, 0.3) is 21.7 Å². The van der Waals surface area contributed by atoms with E-state index in [1.54, 1.807) is 12.1 Å². The predicted octanol–water partition coefficient (Wildman–Crippen LogP) is 3.69. The van der Waals surface area contributed by atoms with Crippen LogP contribution in [0.4, 0.5) is 16.2 Å². The van der Waals surface area contributed by atoms with Crippen LogP contribution in [0.2, 0.25) is 0 Å². The van der Waals surface area contributed by atoms with Crippen molar-refractivity contribution in [2.24, 2.45) is 0 Å². The molecule has 1 atom stereocenters. The molecule has 3 heterocycles. The number of cyclic esters (lactones) is 1. The molecule has 0 spiro atoms. The Labute approximate surface area is 209 Å².